The Bertz CT molecular complexity index is 684. The lowest BCUT2D eigenvalue weighted by Gasteiger charge is -2.17. The van der Waals surface area contributed by atoms with E-state index < -0.39 is 0 Å². The average Bonchev–Trinajstić information content (AvgIpc) is 2.62. The number of ether oxygens (including phenoxy) is 2. The fourth-order valence-electron chi connectivity index (χ4n) is 2.83. The highest BCUT2D eigenvalue weighted by Crippen LogP contribution is 2.48. The highest BCUT2D eigenvalue weighted by Gasteiger charge is 2.22. The number of benzene rings is 1. The van der Waals surface area contributed by atoms with Crippen molar-refractivity contribution in [3.8, 4) is 23.0 Å². The van der Waals surface area contributed by atoms with Crippen molar-refractivity contribution in [2.75, 3.05) is 14.2 Å². The minimum absolute atomic E-state index is 0.00369. The van der Waals surface area contributed by atoms with Crippen LogP contribution in [-0.4, -0.2) is 24.4 Å². The molecule has 0 saturated carbocycles. The van der Waals surface area contributed by atoms with E-state index in [9.17, 15) is 10.2 Å². The van der Waals surface area contributed by atoms with Crippen LogP contribution in [0.15, 0.2) is 36.0 Å². The number of aromatic hydroxyl groups is 2. The first-order valence-corrected chi connectivity index (χ1v) is 8.94. The van der Waals surface area contributed by atoms with Crippen LogP contribution in [0.5, 0.6) is 23.0 Å². The fourth-order valence-corrected chi connectivity index (χ4v) is 2.83. The molecule has 0 amide bonds. The lowest BCUT2D eigenvalue weighted by Crippen LogP contribution is -1.98. The molecule has 26 heavy (non-hydrogen) atoms. The van der Waals surface area contributed by atoms with Crippen LogP contribution < -0.4 is 9.47 Å². The van der Waals surface area contributed by atoms with Gasteiger partial charge in [-0.1, -0.05) is 29.4 Å². The zero-order valence-corrected chi connectivity index (χ0v) is 16.7. The summed E-state index contributed by atoms with van der Waals surface area (Å²) >= 11 is 0. The first-order valence-electron chi connectivity index (χ1n) is 8.94. The van der Waals surface area contributed by atoms with Crippen LogP contribution in [-0.2, 0) is 6.42 Å². The van der Waals surface area contributed by atoms with Crippen molar-refractivity contribution in [3.05, 3.63) is 47.1 Å². The SMILES string of the molecule is C=CCC/C(C)=C/CC/C(C)=C/Cc1c(C)c(O)c(OC)c(OC)c1O. The second kappa shape index (κ2) is 10.6. The van der Waals surface area contributed by atoms with Crippen molar-refractivity contribution >= 4 is 0 Å². The zero-order valence-electron chi connectivity index (χ0n) is 16.7. The van der Waals surface area contributed by atoms with E-state index in [1.54, 1.807) is 6.92 Å². The second-order valence-corrected chi connectivity index (χ2v) is 6.54. The molecule has 4 nitrogen and oxygen atoms in total. The normalized spacial score (nSPS) is 12.2. The summed E-state index contributed by atoms with van der Waals surface area (Å²) in [5.74, 6) is 0.345. The van der Waals surface area contributed by atoms with Gasteiger partial charge in [0.05, 0.1) is 14.2 Å². The third-order valence-electron chi connectivity index (χ3n) is 4.57. The Morgan fingerprint density at radius 3 is 2.04 bits per heavy atom. The Kier molecular flexibility index (Phi) is 8.83. The summed E-state index contributed by atoms with van der Waals surface area (Å²) in [6.45, 7) is 9.74. The molecule has 0 aliphatic rings. The van der Waals surface area contributed by atoms with Crippen molar-refractivity contribution < 1.29 is 19.7 Å². The summed E-state index contributed by atoms with van der Waals surface area (Å²) < 4.78 is 10.4. The lowest BCUT2D eigenvalue weighted by atomic mass is 9.99. The quantitative estimate of drug-likeness (QED) is 0.421. The van der Waals surface area contributed by atoms with Crippen LogP contribution in [0, 0.1) is 6.92 Å². The van der Waals surface area contributed by atoms with Crippen molar-refractivity contribution in [3.63, 3.8) is 0 Å². The molecule has 0 heterocycles. The molecule has 0 spiro atoms. The van der Waals surface area contributed by atoms with Gasteiger partial charge in [-0.15, -0.1) is 6.58 Å². The van der Waals surface area contributed by atoms with E-state index >= 15 is 0 Å². The molecule has 0 fully saturated rings. The van der Waals surface area contributed by atoms with Gasteiger partial charge in [-0.05, 0) is 52.9 Å². The Hall–Kier alpha value is -2.36. The van der Waals surface area contributed by atoms with E-state index in [4.69, 9.17) is 9.47 Å². The van der Waals surface area contributed by atoms with Crippen molar-refractivity contribution in [2.45, 2.75) is 52.9 Å². The number of hydrogen-bond acceptors (Lipinski definition) is 4. The van der Waals surface area contributed by atoms with Crippen molar-refractivity contribution in [2.24, 2.45) is 0 Å². The van der Waals surface area contributed by atoms with E-state index in [0.717, 1.165) is 25.7 Å². The molecule has 0 atom stereocenters. The minimum atomic E-state index is 0.00369. The first-order chi connectivity index (χ1) is 12.4. The van der Waals surface area contributed by atoms with Crippen LogP contribution >= 0.6 is 0 Å². The van der Waals surface area contributed by atoms with Crippen LogP contribution in [0.1, 0.15) is 50.7 Å². The van der Waals surface area contributed by atoms with E-state index in [-0.39, 0.29) is 23.0 Å². The lowest BCUT2D eigenvalue weighted by molar-refractivity contribution is 0.314. The Morgan fingerprint density at radius 1 is 0.923 bits per heavy atom. The van der Waals surface area contributed by atoms with Crippen LogP contribution in [0.4, 0.5) is 0 Å². The molecule has 0 aliphatic heterocycles. The molecule has 0 saturated heterocycles. The van der Waals surface area contributed by atoms with Crippen LogP contribution in [0.25, 0.3) is 0 Å². The third-order valence-corrected chi connectivity index (χ3v) is 4.57. The third kappa shape index (κ3) is 5.58. The smallest absolute Gasteiger partial charge is 0.207 e. The Labute approximate surface area is 157 Å². The summed E-state index contributed by atoms with van der Waals surface area (Å²) in [6.07, 6.45) is 10.8. The molecule has 0 bridgehead atoms. The maximum absolute atomic E-state index is 10.5. The number of methoxy groups -OCH3 is 2. The Morgan fingerprint density at radius 2 is 1.46 bits per heavy atom. The van der Waals surface area contributed by atoms with E-state index in [1.807, 2.05) is 6.08 Å². The van der Waals surface area contributed by atoms with Crippen molar-refractivity contribution in [1.29, 1.82) is 0 Å². The maximum Gasteiger partial charge on any atom is 0.207 e. The van der Waals surface area contributed by atoms with E-state index in [0.29, 0.717) is 17.5 Å². The van der Waals surface area contributed by atoms with Gasteiger partial charge in [0.25, 0.3) is 0 Å². The second-order valence-electron chi connectivity index (χ2n) is 6.54. The molecular formula is C22H32O4. The van der Waals surface area contributed by atoms with Gasteiger partial charge < -0.3 is 19.7 Å². The summed E-state index contributed by atoms with van der Waals surface area (Å²) in [5.41, 5.74) is 3.88. The first kappa shape index (κ1) is 21.7. The Balaban J connectivity index is 2.87. The van der Waals surface area contributed by atoms with Gasteiger partial charge in [0, 0.05) is 11.1 Å². The monoisotopic (exact) mass is 360 g/mol. The van der Waals surface area contributed by atoms with E-state index in [1.165, 1.54) is 25.4 Å². The fraction of sp³-hybridized carbons (Fsp3) is 0.455. The number of phenols is 2. The standard InChI is InChI=1S/C22H32O4/c1-7-8-10-15(2)11-9-12-16(3)13-14-18-17(4)19(23)21(25-5)22(26-6)20(18)24/h7,11,13,23-24H,1,8-10,12,14H2,2-6H3/b15-11+,16-13+. The average molecular weight is 360 g/mol. The molecule has 0 unspecified atom stereocenters. The topological polar surface area (TPSA) is 58.9 Å². The molecule has 1 aromatic carbocycles. The highest BCUT2D eigenvalue weighted by atomic mass is 16.5. The largest absolute Gasteiger partial charge is 0.504 e. The number of hydrogen-bond donors (Lipinski definition) is 2. The summed E-state index contributed by atoms with van der Waals surface area (Å²) in [4.78, 5) is 0. The van der Waals surface area contributed by atoms with Gasteiger partial charge >= 0.3 is 0 Å². The molecule has 1 rings (SSSR count). The van der Waals surface area contributed by atoms with Gasteiger partial charge in [-0.3, -0.25) is 0 Å². The maximum atomic E-state index is 10.5. The van der Waals surface area contributed by atoms with Gasteiger partial charge in [0.2, 0.25) is 11.5 Å². The molecule has 4 heteroatoms. The molecule has 0 aliphatic carbocycles. The molecule has 1 aromatic rings. The summed E-state index contributed by atoms with van der Waals surface area (Å²) in [6, 6.07) is 0. The molecule has 0 radical (unpaired) electrons. The van der Waals surface area contributed by atoms with Gasteiger partial charge in [0.15, 0.2) is 11.5 Å². The highest BCUT2D eigenvalue weighted by molar-refractivity contribution is 5.66. The number of rotatable bonds is 10. The van der Waals surface area contributed by atoms with Crippen LogP contribution in [0.3, 0.4) is 0 Å². The van der Waals surface area contributed by atoms with Crippen molar-refractivity contribution in [1.82, 2.24) is 0 Å². The predicted molar refractivity (Wildman–Crippen MR) is 107 cm³/mol. The summed E-state index contributed by atoms with van der Waals surface area (Å²) in [7, 11) is 2.88. The molecule has 0 aromatic heterocycles. The number of allylic oxidation sites excluding steroid dienone is 5. The van der Waals surface area contributed by atoms with Gasteiger partial charge in [-0.2, -0.15) is 0 Å². The minimum Gasteiger partial charge on any atom is -0.504 e. The molecule has 144 valence electrons. The van der Waals surface area contributed by atoms with Gasteiger partial charge in [0.1, 0.15) is 0 Å². The number of phenolic OH excluding ortho intramolecular Hbond substituents is 2. The van der Waals surface area contributed by atoms with E-state index in [2.05, 4.69) is 32.6 Å². The molecule has 2 N–H and O–H groups in total. The molecular weight excluding hydrogens is 328 g/mol. The summed E-state index contributed by atoms with van der Waals surface area (Å²) in [5, 5.41) is 20.8. The van der Waals surface area contributed by atoms with Crippen LogP contribution in [0.2, 0.25) is 0 Å². The predicted octanol–water partition coefficient (Wildman–Crippen LogP) is 5.60. The zero-order chi connectivity index (χ0) is 19.7. The van der Waals surface area contributed by atoms with Gasteiger partial charge in [-0.25, -0.2) is 0 Å².